The van der Waals surface area contributed by atoms with Gasteiger partial charge in [0, 0.05) is 30.4 Å². The summed E-state index contributed by atoms with van der Waals surface area (Å²) in [6.45, 7) is 2.57. The topological polar surface area (TPSA) is 60.2 Å². The van der Waals surface area contributed by atoms with E-state index in [-0.39, 0.29) is 0 Å². The zero-order chi connectivity index (χ0) is 12.1. The van der Waals surface area contributed by atoms with Crippen molar-refractivity contribution in [2.45, 2.75) is 19.3 Å². The molecule has 1 aliphatic rings. The van der Waals surface area contributed by atoms with Crippen LogP contribution in [0.1, 0.15) is 19.3 Å². The number of nitrogens with one attached hydrogen (secondary N) is 1. The van der Waals surface area contributed by atoms with E-state index < -0.39 is 0 Å². The highest BCUT2D eigenvalue weighted by Crippen LogP contribution is 2.28. The van der Waals surface area contributed by atoms with Crippen molar-refractivity contribution in [1.29, 1.82) is 0 Å². The molecule has 94 valence electrons. The van der Waals surface area contributed by atoms with Gasteiger partial charge in [0.15, 0.2) is 0 Å². The first kappa shape index (κ1) is 12.6. The predicted molar refractivity (Wildman–Crippen MR) is 73.0 cm³/mol. The van der Waals surface area contributed by atoms with E-state index in [0.717, 1.165) is 42.4 Å². The Morgan fingerprint density at radius 1 is 1.53 bits per heavy atom. The van der Waals surface area contributed by atoms with E-state index in [4.69, 9.17) is 10.5 Å². The number of ether oxygens (including phenoxy) is 1. The average molecular weight is 300 g/mol. The Hall–Kier alpha value is -0.810. The van der Waals surface area contributed by atoms with Gasteiger partial charge in [-0.3, -0.25) is 0 Å². The number of pyridine rings is 1. The highest BCUT2D eigenvalue weighted by atomic mass is 79.9. The quantitative estimate of drug-likeness (QED) is 0.760. The number of rotatable bonds is 7. The molecular weight excluding hydrogens is 282 g/mol. The highest BCUT2D eigenvalue weighted by Gasteiger charge is 2.20. The fourth-order valence-electron chi connectivity index (χ4n) is 1.52. The Kier molecular flexibility index (Phi) is 4.62. The molecular formula is C12H18BrN3O. The fraction of sp³-hybridized carbons (Fsp3) is 0.583. The third-order valence-electron chi connectivity index (χ3n) is 2.69. The molecule has 1 aliphatic carbocycles. The average Bonchev–Trinajstić information content (AvgIpc) is 3.09. The monoisotopic (exact) mass is 299 g/mol. The maximum atomic E-state index is 5.82. The molecule has 1 aromatic heterocycles. The lowest BCUT2D eigenvalue weighted by Gasteiger charge is -2.08. The Labute approximate surface area is 110 Å². The molecule has 0 unspecified atom stereocenters. The van der Waals surface area contributed by atoms with Gasteiger partial charge in [-0.25, -0.2) is 4.98 Å². The molecule has 0 atom stereocenters. The van der Waals surface area contributed by atoms with Crippen LogP contribution in [0.15, 0.2) is 16.7 Å². The van der Waals surface area contributed by atoms with E-state index >= 15 is 0 Å². The van der Waals surface area contributed by atoms with Crippen LogP contribution >= 0.6 is 15.9 Å². The van der Waals surface area contributed by atoms with Crippen LogP contribution in [-0.2, 0) is 4.74 Å². The van der Waals surface area contributed by atoms with Crippen molar-refractivity contribution in [3.63, 3.8) is 0 Å². The first-order valence-corrected chi connectivity index (χ1v) is 6.77. The van der Waals surface area contributed by atoms with Crippen LogP contribution in [0, 0.1) is 5.92 Å². The second-order valence-corrected chi connectivity index (χ2v) is 5.31. The molecule has 0 amide bonds. The van der Waals surface area contributed by atoms with Crippen LogP contribution in [0.25, 0.3) is 0 Å². The summed E-state index contributed by atoms with van der Waals surface area (Å²) < 4.78 is 6.44. The van der Waals surface area contributed by atoms with Gasteiger partial charge >= 0.3 is 0 Å². The smallest absolute Gasteiger partial charge is 0.149 e. The molecule has 0 aliphatic heterocycles. The van der Waals surface area contributed by atoms with Crippen LogP contribution in [0.2, 0.25) is 0 Å². The molecule has 1 saturated carbocycles. The molecule has 1 fully saturated rings. The fourth-order valence-corrected chi connectivity index (χ4v) is 1.87. The van der Waals surface area contributed by atoms with Crippen molar-refractivity contribution in [2.24, 2.45) is 5.92 Å². The van der Waals surface area contributed by atoms with E-state index in [1.54, 1.807) is 6.20 Å². The van der Waals surface area contributed by atoms with Gasteiger partial charge in [-0.15, -0.1) is 0 Å². The Balaban J connectivity index is 1.60. The predicted octanol–water partition coefficient (Wildman–Crippen LogP) is 2.65. The second-order valence-electron chi connectivity index (χ2n) is 4.39. The zero-order valence-electron chi connectivity index (χ0n) is 9.79. The molecule has 0 spiro atoms. The summed E-state index contributed by atoms with van der Waals surface area (Å²) in [6.07, 6.45) is 5.40. The molecule has 0 aromatic carbocycles. The van der Waals surface area contributed by atoms with E-state index in [1.165, 1.54) is 12.8 Å². The molecule has 3 N–H and O–H groups in total. The maximum Gasteiger partial charge on any atom is 0.149 e. The molecule has 17 heavy (non-hydrogen) atoms. The SMILES string of the molecule is Nc1cc(Br)cnc1NCCCOCC1CC1. The van der Waals surface area contributed by atoms with E-state index in [2.05, 4.69) is 26.2 Å². The van der Waals surface area contributed by atoms with Crippen molar-refractivity contribution in [3.8, 4) is 0 Å². The van der Waals surface area contributed by atoms with Crippen LogP contribution in [0.4, 0.5) is 11.5 Å². The normalized spacial score (nSPS) is 14.9. The van der Waals surface area contributed by atoms with E-state index in [1.807, 2.05) is 6.07 Å². The Morgan fingerprint density at radius 3 is 3.06 bits per heavy atom. The minimum Gasteiger partial charge on any atom is -0.396 e. The minimum absolute atomic E-state index is 0.665. The number of nitrogens with two attached hydrogens (primary N) is 1. The van der Waals surface area contributed by atoms with E-state index in [9.17, 15) is 0 Å². The summed E-state index contributed by atoms with van der Waals surface area (Å²) >= 11 is 3.33. The number of hydrogen-bond donors (Lipinski definition) is 2. The van der Waals surface area contributed by atoms with Gasteiger partial charge in [-0.2, -0.15) is 0 Å². The number of nitrogen functional groups attached to an aromatic ring is 1. The maximum absolute atomic E-state index is 5.82. The third kappa shape index (κ3) is 4.52. The summed E-state index contributed by atoms with van der Waals surface area (Å²) in [5.74, 6) is 1.59. The van der Waals surface area contributed by atoms with Crippen molar-refractivity contribution < 1.29 is 4.74 Å². The molecule has 1 heterocycles. The molecule has 2 rings (SSSR count). The summed E-state index contributed by atoms with van der Waals surface area (Å²) in [4.78, 5) is 4.21. The Morgan fingerprint density at radius 2 is 2.35 bits per heavy atom. The van der Waals surface area contributed by atoms with Gasteiger partial charge in [0.2, 0.25) is 0 Å². The van der Waals surface area contributed by atoms with E-state index in [0.29, 0.717) is 5.69 Å². The van der Waals surface area contributed by atoms with Crippen LogP contribution in [0.3, 0.4) is 0 Å². The Bertz CT molecular complexity index is 369. The highest BCUT2D eigenvalue weighted by molar-refractivity contribution is 9.10. The summed E-state index contributed by atoms with van der Waals surface area (Å²) in [5.41, 5.74) is 6.49. The molecule has 4 nitrogen and oxygen atoms in total. The lowest BCUT2D eigenvalue weighted by atomic mass is 10.3. The van der Waals surface area contributed by atoms with Crippen molar-refractivity contribution in [3.05, 3.63) is 16.7 Å². The van der Waals surface area contributed by atoms with Gasteiger partial charge in [0.25, 0.3) is 0 Å². The van der Waals surface area contributed by atoms with Gasteiger partial charge in [-0.1, -0.05) is 0 Å². The van der Waals surface area contributed by atoms with Crippen molar-refractivity contribution in [1.82, 2.24) is 4.98 Å². The molecule has 5 heteroatoms. The summed E-state index contributed by atoms with van der Waals surface area (Å²) in [5, 5.41) is 3.21. The largest absolute Gasteiger partial charge is 0.396 e. The third-order valence-corrected chi connectivity index (χ3v) is 3.13. The van der Waals surface area contributed by atoms with Crippen molar-refractivity contribution >= 4 is 27.4 Å². The summed E-state index contributed by atoms with van der Waals surface area (Å²) in [6, 6.07) is 1.85. The standard InChI is InChI=1S/C12H18BrN3O/c13-10-6-11(14)12(16-7-10)15-4-1-5-17-8-9-2-3-9/h6-7,9H,1-5,8,14H2,(H,15,16). The first-order chi connectivity index (χ1) is 8.25. The van der Waals surface area contributed by atoms with Gasteiger partial charge in [-0.05, 0) is 47.2 Å². The number of anilines is 2. The van der Waals surface area contributed by atoms with Crippen LogP contribution in [0.5, 0.6) is 0 Å². The number of nitrogens with zero attached hydrogens (tertiary/aromatic N) is 1. The van der Waals surface area contributed by atoms with Crippen molar-refractivity contribution in [2.75, 3.05) is 30.8 Å². The van der Waals surface area contributed by atoms with Gasteiger partial charge in [0.1, 0.15) is 5.82 Å². The lowest BCUT2D eigenvalue weighted by molar-refractivity contribution is 0.124. The number of aromatic nitrogens is 1. The van der Waals surface area contributed by atoms with Crippen LogP contribution in [-0.4, -0.2) is 24.7 Å². The number of hydrogen-bond acceptors (Lipinski definition) is 4. The second kappa shape index (κ2) is 6.21. The van der Waals surface area contributed by atoms with Crippen LogP contribution < -0.4 is 11.1 Å². The molecule has 0 saturated heterocycles. The summed E-state index contributed by atoms with van der Waals surface area (Å²) in [7, 11) is 0. The van der Waals surface area contributed by atoms with Gasteiger partial charge < -0.3 is 15.8 Å². The molecule has 0 bridgehead atoms. The first-order valence-electron chi connectivity index (χ1n) is 5.98. The molecule has 0 radical (unpaired) electrons. The molecule has 1 aromatic rings. The lowest BCUT2D eigenvalue weighted by Crippen LogP contribution is -2.09. The minimum atomic E-state index is 0.665. The van der Waals surface area contributed by atoms with Gasteiger partial charge in [0.05, 0.1) is 5.69 Å². The number of halogens is 1. The zero-order valence-corrected chi connectivity index (χ0v) is 11.4.